The molecule has 0 bridgehead atoms. The second-order valence-corrected chi connectivity index (χ2v) is 7.21. The molecule has 0 aliphatic carbocycles. The van der Waals surface area contributed by atoms with Crippen LogP contribution in [0, 0.1) is 6.92 Å². The molecule has 0 fully saturated rings. The van der Waals surface area contributed by atoms with Crippen LogP contribution in [0.15, 0.2) is 24.3 Å². The van der Waals surface area contributed by atoms with Gasteiger partial charge in [-0.3, -0.25) is 0 Å². The minimum Gasteiger partial charge on any atom is -0.313 e. The molecular formula is C15H25NO2S. The van der Waals surface area contributed by atoms with Crippen molar-refractivity contribution in [2.45, 2.75) is 45.4 Å². The highest BCUT2D eigenvalue weighted by atomic mass is 32.2. The number of aryl methyl sites for hydroxylation is 1. The van der Waals surface area contributed by atoms with Gasteiger partial charge in [-0.05, 0) is 31.9 Å². The van der Waals surface area contributed by atoms with Crippen molar-refractivity contribution >= 4 is 9.84 Å². The lowest BCUT2D eigenvalue weighted by atomic mass is 10.2. The third-order valence-electron chi connectivity index (χ3n) is 3.10. The normalized spacial score (nSPS) is 13.4. The minimum atomic E-state index is -3.06. The second-order valence-electron chi connectivity index (χ2n) is 5.10. The fraction of sp³-hybridized carbons (Fsp3) is 0.600. The van der Waals surface area contributed by atoms with Crippen LogP contribution >= 0.6 is 0 Å². The highest BCUT2D eigenvalue weighted by molar-refractivity contribution is 7.90. The fourth-order valence-electron chi connectivity index (χ4n) is 2.09. The summed E-state index contributed by atoms with van der Waals surface area (Å²) in [5.41, 5.74) is 1.98. The highest BCUT2D eigenvalue weighted by Gasteiger charge is 2.18. The van der Waals surface area contributed by atoms with Crippen molar-refractivity contribution in [1.29, 1.82) is 0 Å². The van der Waals surface area contributed by atoms with E-state index in [4.69, 9.17) is 0 Å². The molecule has 0 heterocycles. The van der Waals surface area contributed by atoms with Crippen LogP contribution in [0.5, 0.6) is 0 Å². The molecule has 0 spiro atoms. The molecule has 1 atom stereocenters. The maximum Gasteiger partial charge on any atom is 0.155 e. The van der Waals surface area contributed by atoms with Crippen LogP contribution in [0.2, 0.25) is 0 Å². The van der Waals surface area contributed by atoms with Gasteiger partial charge < -0.3 is 5.32 Å². The standard InChI is InChI=1S/C15H25NO2S/c1-4-9-16-15(5-2)12-19(17,18)11-14-8-6-7-13(3)10-14/h6-8,10,15-16H,4-5,9,11-12H2,1-3H3. The second kappa shape index (κ2) is 7.65. The van der Waals surface area contributed by atoms with Gasteiger partial charge in [0.2, 0.25) is 0 Å². The van der Waals surface area contributed by atoms with E-state index in [0.717, 1.165) is 30.5 Å². The Morgan fingerprint density at radius 2 is 2.00 bits per heavy atom. The monoisotopic (exact) mass is 283 g/mol. The summed E-state index contributed by atoms with van der Waals surface area (Å²) < 4.78 is 24.4. The summed E-state index contributed by atoms with van der Waals surface area (Å²) >= 11 is 0. The van der Waals surface area contributed by atoms with Crippen molar-refractivity contribution in [2.24, 2.45) is 0 Å². The van der Waals surface area contributed by atoms with Crippen molar-refractivity contribution < 1.29 is 8.42 Å². The van der Waals surface area contributed by atoms with Crippen molar-refractivity contribution in [1.82, 2.24) is 5.32 Å². The van der Waals surface area contributed by atoms with E-state index >= 15 is 0 Å². The number of hydrogen-bond acceptors (Lipinski definition) is 3. The van der Waals surface area contributed by atoms with E-state index in [-0.39, 0.29) is 17.5 Å². The summed E-state index contributed by atoms with van der Waals surface area (Å²) in [5.74, 6) is 0.358. The van der Waals surface area contributed by atoms with Crippen LogP contribution in [-0.4, -0.2) is 26.8 Å². The van der Waals surface area contributed by atoms with E-state index < -0.39 is 9.84 Å². The van der Waals surface area contributed by atoms with E-state index in [0.29, 0.717) is 0 Å². The van der Waals surface area contributed by atoms with Gasteiger partial charge in [-0.25, -0.2) is 8.42 Å². The topological polar surface area (TPSA) is 46.2 Å². The van der Waals surface area contributed by atoms with Gasteiger partial charge in [-0.15, -0.1) is 0 Å². The molecule has 0 saturated carbocycles. The van der Waals surface area contributed by atoms with E-state index in [9.17, 15) is 8.42 Å². The molecule has 4 heteroatoms. The van der Waals surface area contributed by atoms with E-state index in [2.05, 4.69) is 12.2 Å². The maximum absolute atomic E-state index is 12.2. The smallest absolute Gasteiger partial charge is 0.155 e. The minimum absolute atomic E-state index is 0.0646. The molecule has 3 nitrogen and oxygen atoms in total. The molecule has 0 aliphatic heterocycles. The predicted octanol–water partition coefficient (Wildman–Crippen LogP) is 2.69. The lowest BCUT2D eigenvalue weighted by molar-refractivity contribution is 0.519. The first kappa shape index (κ1) is 16.2. The zero-order valence-corrected chi connectivity index (χ0v) is 13.0. The number of nitrogens with one attached hydrogen (secondary N) is 1. The van der Waals surface area contributed by atoms with Gasteiger partial charge in [0.05, 0.1) is 11.5 Å². The van der Waals surface area contributed by atoms with Crippen LogP contribution in [-0.2, 0) is 15.6 Å². The van der Waals surface area contributed by atoms with E-state index in [1.165, 1.54) is 0 Å². The molecular weight excluding hydrogens is 258 g/mol. The lowest BCUT2D eigenvalue weighted by Crippen LogP contribution is -2.36. The predicted molar refractivity (Wildman–Crippen MR) is 81.0 cm³/mol. The van der Waals surface area contributed by atoms with Crippen molar-refractivity contribution in [3.63, 3.8) is 0 Å². The Morgan fingerprint density at radius 3 is 2.58 bits per heavy atom. The molecule has 108 valence electrons. The average molecular weight is 283 g/mol. The number of sulfone groups is 1. The van der Waals surface area contributed by atoms with Gasteiger partial charge in [0.25, 0.3) is 0 Å². The van der Waals surface area contributed by atoms with Gasteiger partial charge in [0, 0.05) is 6.04 Å². The SMILES string of the molecule is CCCNC(CC)CS(=O)(=O)Cc1cccc(C)c1. The van der Waals surface area contributed by atoms with Crippen LogP contribution in [0.3, 0.4) is 0 Å². The molecule has 1 aromatic carbocycles. The molecule has 0 radical (unpaired) electrons. The largest absolute Gasteiger partial charge is 0.313 e. The molecule has 19 heavy (non-hydrogen) atoms. The first-order valence-corrected chi connectivity index (χ1v) is 8.78. The first-order valence-electron chi connectivity index (χ1n) is 6.96. The Labute approximate surface area is 117 Å². The summed E-state index contributed by atoms with van der Waals surface area (Å²) in [6.45, 7) is 6.96. The van der Waals surface area contributed by atoms with Gasteiger partial charge in [0.1, 0.15) is 0 Å². The molecule has 1 unspecified atom stereocenters. The zero-order valence-electron chi connectivity index (χ0n) is 12.1. The Hall–Kier alpha value is -0.870. The van der Waals surface area contributed by atoms with Crippen molar-refractivity contribution in [2.75, 3.05) is 12.3 Å². The third kappa shape index (κ3) is 6.21. The van der Waals surface area contributed by atoms with Gasteiger partial charge in [-0.2, -0.15) is 0 Å². The van der Waals surface area contributed by atoms with Gasteiger partial charge in [0.15, 0.2) is 9.84 Å². The summed E-state index contributed by atoms with van der Waals surface area (Å²) in [4.78, 5) is 0. The van der Waals surface area contributed by atoms with Crippen molar-refractivity contribution in [3.05, 3.63) is 35.4 Å². The third-order valence-corrected chi connectivity index (χ3v) is 4.78. The Bertz CT molecular complexity index is 483. The molecule has 0 saturated heterocycles. The average Bonchev–Trinajstić information content (AvgIpc) is 2.33. The number of rotatable bonds is 8. The summed E-state index contributed by atoms with van der Waals surface area (Å²) in [5, 5.41) is 3.29. The highest BCUT2D eigenvalue weighted by Crippen LogP contribution is 2.10. The molecule has 0 amide bonds. The summed E-state index contributed by atoms with van der Waals surface area (Å²) in [7, 11) is -3.06. The Kier molecular flexibility index (Phi) is 6.52. The van der Waals surface area contributed by atoms with Gasteiger partial charge in [-0.1, -0.05) is 43.7 Å². The first-order chi connectivity index (χ1) is 8.96. The molecule has 0 aromatic heterocycles. The van der Waals surface area contributed by atoms with E-state index in [1.54, 1.807) is 0 Å². The molecule has 0 aliphatic rings. The fourth-order valence-corrected chi connectivity index (χ4v) is 3.86. The Balaban J connectivity index is 2.65. The molecule has 1 aromatic rings. The van der Waals surface area contributed by atoms with Crippen molar-refractivity contribution in [3.8, 4) is 0 Å². The summed E-state index contributed by atoms with van der Waals surface area (Å²) in [6, 6.07) is 7.78. The van der Waals surface area contributed by atoms with Crippen LogP contribution in [0.25, 0.3) is 0 Å². The number of benzene rings is 1. The van der Waals surface area contributed by atoms with Crippen LogP contribution < -0.4 is 5.32 Å². The zero-order chi connectivity index (χ0) is 14.3. The number of hydrogen-bond donors (Lipinski definition) is 1. The molecule has 1 rings (SSSR count). The van der Waals surface area contributed by atoms with E-state index in [1.807, 2.05) is 38.1 Å². The maximum atomic E-state index is 12.2. The Morgan fingerprint density at radius 1 is 1.26 bits per heavy atom. The van der Waals surface area contributed by atoms with Crippen LogP contribution in [0.1, 0.15) is 37.8 Å². The van der Waals surface area contributed by atoms with Gasteiger partial charge >= 0.3 is 0 Å². The lowest BCUT2D eigenvalue weighted by Gasteiger charge is -2.16. The quantitative estimate of drug-likeness (QED) is 0.798. The van der Waals surface area contributed by atoms with Crippen LogP contribution in [0.4, 0.5) is 0 Å². The summed E-state index contributed by atoms with van der Waals surface area (Å²) in [6.07, 6.45) is 1.86. The molecule has 1 N–H and O–H groups in total.